The van der Waals surface area contributed by atoms with Crippen molar-refractivity contribution in [3.63, 3.8) is 0 Å². The van der Waals surface area contributed by atoms with Crippen LogP contribution >= 0.6 is 0 Å². The molecule has 2 heteroatoms. The molecule has 3 N–H and O–H groups in total. The molecule has 0 saturated heterocycles. The molecule has 0 bridgehead atoms. The summed E-state index contributed by atoms with van der Waals surface area (Å²) in [5.74, 6) is 0. The van der Waals surface area contributed by atoms with Gasteiger partial charge in [0.25, 0.3) is 0 Å². The zero-order chi connectivity index (χ0) is 8.10. The van der Waals surface area contributed by atoms with Crippen LogP contribution in [0.3, 0.4) is 0 Å². The smallest absolute Gasteiger partial charge is 0.0314 e. The maximum atomic E-state index is 5.53. The standard InChI is InChI=1S/C9H13N2/c1-11-7-6-8-2-4-9(10)5-3-8/h2-5,11H,1,6-7,10H2. The number of nitrogens with two attached hydrogens (primary N) is 1. The molecule has 1 aromatic carbocycles. The van der Waals surface area contributed by atoms with Crippen molar-refractivity contribution in [2.75, 3.05) is 12.3 Å². The lowest BCUT2D eigenvalue weighted by molar-refractivity contribution is 0.829. The Kier molecular flexibility index (Phi) is 2.93. The third-order valence-electron chi connectivity index (χ3n) is 1.57. The number of rotatable bonds is 3. The molecule has 2 nitrogen and oxygen atoms in total. The molecule has 0 aliphatic rings. The molecule has 0 aromatic heterocycles. The quantitative estimate of drug-likeness (QED) is 0.633. The van der Waals surface area contributed by atoms with Crippen molar-refractivity contribution >= 4 is 5.69 Å². The van der Waals surface area contributed by atoms with Crippen LogP contribution < -0.4 is 11.1 Å². The van der Waals surface area contributed by atoms with Gasteiger partial charge in [-0.25, -0.2) is 0 Å². The van der Waals surface area contributed by atoms with Crippen molar-refractivity contribution in [2.24, 2.45) is 0 Å². The van der Waals surface area contributed by atoms with E-state index in [4.69, 9.17) is 5.73 Å². The summed E-state index contributed by atoms with van der Waals surface area (Å²) in [6.07, 6.45) is 1.00. The molecule has 1 aromatic rings. The van der Waals surface area contributed by atoms with Crippen molar-refractivity contribution in [1.29, 1.82) is 0 Å². The number of anilines is 1. The molecule has 1 radical (unpaired) electrons. The van der Waals surface area contributed by atoms with Crippen molar-refractivity contribution in [1.82, 2.24) is 5.32 Å². The summed E-state index contributed by atoms with van der Waals surface area (Å²) < 4.78 is 0. The van der Waals surface area contributed by atoms with Gasteiger partial charge in [0, 0.05) is 12.7 Å². The van der Waals surface area contributed by atoms with E-state index in [0.717, 1.165) is 18.7 Å². The molecule has 0 atom stereocenters. The molecular weight excluding hydrogens is 136 g/mol. The summed E-state index contributed by atoms with van der Waals surface area (Å²) in [4.78, 5) is 0. The largest absolute Gasteiger partial charge is 0.399 e. The lowest BCUT2D eigenvalue weighted by Gasteiger charge is -1.99. The Balaban J connectivity index is 2.52. The summed E-state index contributed by atoms with van der Waals surface area (Å²) in [5, 5.41) is 2.85. The average Bonchev–Trinajstić information content (AvgIpc) is 2.04. The van der Waals surface area contributed by atoms with Gasteiger partial charge >= 0.3 is 0 Å². The van der Waals surface area contributed by atoms with Gasteiger partial charge in [-0.05, 0) is 30.7 Å². The Hall–Kier alpha value is -1.02. The van der Waals surface area contributed by atoms with Gasteiger partial charge < -0.3 is 11.1 Å². The predicted molar refractivity (Wildman–Crippen MR) is 47.9 cm³/mol. The van der Waals surface area contributed by atoms with Crippen LogP contribution in [0.5, 0.6) is 0 Å². The van der Waals surface area contributed by atoms with E-state index in [-0.39, 0.29) is 0 Å². The number of nitrogens with one attached hydrogen (secondary N) is 1. The SMILES string of the molecule is [CH2]NCCc1ccc(N)cc1. The second-order valence-electron chi connectivity index (χ2n) is 2.49. The maximum absolute atomic E-state index is 5.53. The minimum Gasteiger partial charge on any atom is -0.399 e. The molecule has 59 valence electrons. The summed E-state index contributed by atoms with van der Waals surface area (Å²) in [7, 11) is 3.54. The van der Waals surface area contributed by atoms with Crippen LogP contribution in [-0.2, 0) is 6.42 Å². The summed E-state index contributed by atoms with van der Waals surface area (Å²) in [6.45, 7) is 0.907. The van der Waals surface area contributed by atoms with Crippen LogP contribution in [0.2, 0.25) is 0 Å². The molecule has 0 unspecified atom stereocenters. The van der Waals surface area contributed by atoms with Gasteiger partial charge in [-0.3, -0.25) is 0 Å². The highest BCUT2D eigenvalue weighted by Gasteiger charge is 1.89. The Morgan fingerprint density at radius 2 is 1.91 bits per heavy atom. The van der Waals surface area contributed by atoms with Crippen LogP contribution in [0.15, 0.2) is 24.3 Å². The minimum absolute atomic E-state index is 0.816. The van der Waals surface area contributed by atoms with E-state index in [2.05, 4.69) is 12.4 Å². The molecule has 1 rings (SSSR count). The normalized spacial score (nSPS) is 9.91. The zero-order valence-electron chi connectivity index (χ0n) is 6.51. The van der Waals surface area contributed by atoms with E-state index in [0.29, 0.717) is 0 Å². The van der Waals surface area contributed by atoms with Crippen LogP contribution in [-0.4, -0.2) is 6.54 Å². The summed E-state index contributed by atoms with van der Waals surface area (Å²) in [5.41, 5.74) is 7.63. The van der Waals surface area contributed by atoms with Gasteiger partial charge in [0.05, 0.1) is 0 Å². The number of benzene rings is 1. The van der Waals surface area contributed by atoms with E-state index in [1.54, 1.807) is 0 Å². The lowest BCUT2D eigenvalue weighted by atomic mass is 10.1. The van der Waals surface area contributed by atoms with Crippen LogP contribution in [0.4, 0.5) is 5.69 Å². The van der Waals surface area contributed by atoms with Gasteiger partial charge in [0.1, 0.15) is 0 Å². The minimum atomic E-state index is 0.816. The van der Waals surface area contributed by atoms with Gasteiger partial charge in [-0.15, -0.1) is 0 Å². The molecule has 11 heavy (non-hydrogen) atoms. The number of nitrogen functional groups attached to an aromatic ring is 1. The lowest BCUT2D eigenvalue weighted by Crippen LogP contribution is -2.07. The first kappa shape index (κ1) is 8.08. The third-order valence-corrected chi connectivity index (χ3v) is 1.57. The highest BCUT2D eigenvalue weighted by atomic mass is 14.8. The fourth-order valence-electron chi connectivity index (χ4n) is 0.917. The fraction of sp³-hybridized carbons (Fsp3) is 0.222. The van der Waals surface area contributed by atoms with E-state index >= 15 is 0 Å². The van der Waals surface area contributed by atoms with Gasteiger partial charge in [-0.2, -0.15) is 0 Å². The van der Waals surface area contributed by atoms with Gasteiger partial charge in [-0.1, -0.05) is 12.1 Å². The summed E-state index contributed by atoms with van der Waals surface area (Å²) in [6, 6.07) is 7.90. The third kappa shape index (κ3) is 2.60. The highest BCUT2D eigenvalue weighted by Crippen LogP contribution is 2.05. The molecule has 0 fully saturated rings. The topological polar surface area (TPSA) is 38.0 Å². The van der Waals surface area contributed by atoms with Crippen molar-refractivity contribution in [3.05, 3.63) is 36.9 Å². The molecule has 0 aliphatic heterocycles. The zero-order valence-corrected chi connectivity index (χ0v) is 6.51. The monoisotopic (exact) mass is 149 g/mol. The predicted octanol–water partition coefficient (Wildman–Crippen LogP) is 1.19. The van der Waals surface area contributed by atoms with Gasteiger partial charge in [0.2, 0.25) is 0 Å². The second kappa shape index (κ2) is 3.98. The number of hydrogen-bond donors (Lipinski definition) is 2. The van der Waals surface area contributed by atoms with E-state index in [1.165, 1.54) is 5.56 Å². The van der Waals surface area contributed by atoms with E-state index in [9.17, 15) is 0 Å². The Labute approximate surface area is 67.4 Å². The first-order valence-corrected chi connectivity index (χ1v) is 3.67. The average molecular weight is 149 g/mol. The molecule has 0 heterocycles. The first-order valence-electron chi connectivity index (χ1n) is 3.67. The molecule has 0 amide bonds. The molecular formula is C9H13N2. The van der Waals surface area contributed by atoms with E-state index < -0.39 is 0 Å². The van der Waals surface area contributed by atoms with Crippen LogP contribution in [0, 0.1) is 7.05 Å². The van der Waals surface area contributed by atoms with Crippen molar-refractivity contribution < 1.29 is 0 Å². The van der Waals surface area contributed by atoms with E-state index in [1.807, 2.05) is 24.3 Å². The second-order valence-corrected chi connectivity index (χ2v) is 2.49. The maximum Gasteiger partial charge on any atom is 0.0314 e. The van der Waals surface area contributed by atoms with Crippen molar-refractivity contribution in [3.8, 4) is 0 Å². The summed E-state index contributed by atoms with van der Waals surface area (Å²) >= 11 is 0. The van der Waals surface area contributed by atoms with Crippen LogP contribution in [0.1, 0.15) is 5.56 Å². The van der Waals surface area contributed by atoms with Crippen molar-refractivity contribution in [2.45, 2.75) is 6.42 Å². The Morgan fingerprint density at radius 3 is 2.45 bits per heavy atom. The van der Waals surface area contributed by atoms with Gasteiger partial charge in [0.15, 0.2) is 0 Å². The molecule has 0 saturated carbocycles. The Bertz CT molecular complexity index is 203. The highest BCUT2D eigenvalue weighted by molar-refractivity contribution is 5.39. The Morgan fingerprint density at radius 1 is 1.27 bits per heavy atom. The molecule has 0 spiro atoms. The first-order chi connectivity index (χ1) is 5.33. The number of hydrogen-bond acceptors (Lipinski definition) is 2. The van der Waals surface area contributed by atoms with Crippen LogP contribution in [0.25, 0.3) is 0 Å². The molecule has 0 aliphatic carbocycles. The fourth-order valence-corrected chi connectivity index (χ4v) is 0.917.